The average molecular weight is 652 g/mol. The Morgan fingerprint density at radius 3 is 1.41 bits per heavy atom. The summed E-state index contributed by atoms with van der Waals surface area (Å²) >= 11 is 0. The average Bonchev–Trinajstić information content (AvgIpc) is 4.03. The van der Waals surface area contributed by atoms with Crippen LogP contribution in [0.25, 0.3) is 78.7 Å². The Bertz CT molecular complexity index is 2500. The van der Waals surface area contributed by atoms with Gasteiger partial charge in [0, 0.05) is 16.7 Å². The standard InChI is InChI=1S/C48H33N3/c1-3-12-33(13-4-1)46-49-47(34-14-5-2-6-15-34)51-48(50-46)38-19-10-17-36(29-38)32-26-24-31(25-27-32)35-16-9-18-37(28-35)39-22-11-23-42-40-20-7-8-21-41(40)43-30-44(43)45(39)42/h1-29,43-44H,30H2. The summed E-state index contributed by atoms with van der Waals surface area (Å²) < 4.78 is 0. The molecular weight excluding hydrogens is 619 g/mol. The van der Waals surface area contributed by atoms with Crippen molar-refractivity contribution in [1.82, 2.24) is 15.0 Å². The van der Waals surface area contributed by atoms with Crippen LogP contribution in [-0.2, 0) is 0 Å². The molecule has 2 unspecified atom stereocenters. The van der Waals surface area contributed by atoms with E-state index in [4.69, 9.17) is 15.0 Å². The molecule has 1 heterocycles. The molecule has 1 saturated carbocycles. The molecule has 0 spiro atoms. The Kier molecular flexibility index (Phi) is 7.02. The minimum Gasteiger partial charge on any atom is -0.208 e. The highest BCUT2D eigenvalue weighted by Crippen LogP contribution is 2.63. The molecule has 7 aromatic carbocycles. The largest absolute Gasteiger partial charge is 0.208 e. The Hall–Kier alpha value is -6.45. The van der Waals surface area contributed by atoms with E-state index in [1.54, 1.807) is 0 Å². The van der Waals surface area contributed by atoms with Crippen LogP contribution in [0.5, 0.6) is 0 Å². The maximum absolute atomic E-state index is 4.94. The van der Waals surface area contributed by atoms with Gasteiger partial charge in [0.1, 0.15) is 0 Å². The zero-order valence-electron chi connectivity index (χ0n) is 27.9. The molecule has 0 aliphatic heterocycles. The van der Waals surface area contributed by atoms with Gasteiger partial charge in [-0.25, -0.2) is 15.0 Å². The number of rotatable bonds is 6. The Morgan fingerprint density at radius 1 is 0.314 bits per heavy atom. The highest BCUT2D eigenvalue weighted by Gasteiger charge is 2.46. The summed E-state index contributed by atoms with van der Waals surface area (Å²) in [6.45, 7) is 0. The van der Waals surface area contributed by atoms with Crippen molar-refractivity contribution < 1.29 is 0 Å². The third-order valence-electron chi connectivity index (χ3n) is 10.5. The van der Waals surface area contributed by atoms with Crippen molar-refractivity contribution in [2.24, 2.45) is 0 Å². The number of fused-ring (bicyclic) bond motifs is 6. The Balaban J connectivity index is 0.973. The predicted molar refractivity (Wildman–Crippen MR) is 208 cm³/mol. The minimum atomic E-state index is 0.622. The van der Waals surface area contributed by atoms with Gasteiger partial charge in [-0.05, 0) is 86.0 Å². The molecule has 240 valence electrons. The molecular formula is C48H33N3. The van der Waals surface area contributed by atoms with Gasteiger partial charge in [0.15, 0.2) is 17.5 Å². The number of hydrogen-bond donors (Lipinski definition) is 0. The van der Waals surface area contributed by atoms with Crippen molar-refractivity contribution in [1.29, 1.82) is 0 Å². The highest BCUT2D eigenvalue weighted by atomic mass is 15.0. The van der Waals surface area contributed by atoms with Crippen LogP contribution in [0.2, 0.25) is 0 Å². The maximum atomic E-state index is 4.94. The maximum Gasteiger partial charge on any atom is 0.164 e. The number of nitrogens with zero attached hydrogens (tertiary/aromatic N) is 3. The molecule has 8 aromatic rings. The van der Waals surface area contributed by atoms with Gasteiger partial charge in [-0.2, -0.15) is 0 Å². The molecule has 1 aromatic heterocycles. The molecule has 3 heteroatoms. The lowest BCUT2D eigenvalue weighted by Gasteiger charge is -2.22. The first-order valence-corrected chi connectivity index (χ1v) is 17.7. The Labute approximate surface area is 298 Å². The fourth-order valence-electron chi connectivity index (χ4n) is 7.87. The summed E-state index contributed by atoms with van der Waals surface area (Å²) in [6.07, 6.45) is 1.25. The molecule has 2 aliphatic rings. The first-order valence-electron chi connectivity index (χ1n) is 17.7. The van der Waals surface area contributed by atoms with E-state index in [9.17, 15) is 0 Å². The summed E-state index contributed by atoms with van der Waals surface area (Å²) in [5.41, 5.74) is 16.1. The van der Waals surface area contributed by atoms with Crippen LogP contribution in [0, 0.1) is 0 Å². The fourth-order valence-corrected chi connectivity index (χ4v) is 7.87. The van der Waals surface area contributed by atoms with E-state index in [1.807, 2.05) is 60.7 Å². The van der Waals surface area contributed by atoms with Crippen LogP contribution in [0.4, 0.5) is 0 Å². The second-order valence-electron chi connectivity index (χ2n) is 13.6. The third kappa shape index (κ3) is 5.35. The van der Waals surface area contributed by atoms with Gasteiger partial charge in [0.05, 0.1) is 0 Å². The zero-order chi connectivity index (χ0) is 33.7. The second kappa shape index (κ2) is 12.2. The number of hydrogen-bond acceptors (Lipinski definition) is 3. The first-order chi connectivity index (χ1) is 25.3. The number of aromatic nitrogens is 3. The molecule has 2 aliphatic carbocycles. The lowest BCUT2D eigenvalue weighted by Crippen LogP contribution is -2.01. The third-order valence-corrected chi connectivity index (χ3v) is 10.5. The van der Waals surface area contributed by atoms with Crippen molar-refractivity contribution >= 4 is 0 Å². The van der Waals surface area contributed by atoms with Crippen molar-refractivity contribution in [2.45, 2.75) is 18.3 Å². The van der Waals surface area contributed by atoms with Crippen LogP contribution >= 0.6 is 0 Å². The van der Waals surface area contributed by atoms with Crippen molar-refractivity contribution in [3.63, 3.8) is 0 Å². The predicted octanol–water partition coefficient (Wildman–Crippen LogP) is 12.1. The zero-order valence-corrected chi connectivity index (χ0v) is 27.9. The molecule has 1 fully saturated rings. The van der Waals surface area contributed by atoms with Crippen LogP contribution < -0.4 is 0 Å². The summed E-state index contributed by atoms with van der Waals surface area (Å²) in [7, 11) is 0. The van der Waals surface area contributed by atoms with E-state index >= 15 is 0 Å². The monoisotopic (exact) mass is 651 g/mol. The molecule has 0 radical (unpaired) electrons. The lowest BCUT2D eigenvalue weighted by molar-refractivity contribution is 1.01. The van der Waals surface area contributed by atoms with E-state index in [1.165, 1.54) is 50.9 Å². The summed E-state index contributed by atoms with van der Waals surface area (Å²) in [4.78, 5) is 14.7. The second-order valence-corrected chi connectivity index (χ2v) is 13.6. The van der Waals surface area contributed by atoms with Crippen molar-refractivity contribution in [3.05, 3.63) is 187 Å². The molecule has 2 atom stereocenters. The SMILES string of the molecule is c1ccc(-c2nc(-c3ccccc3)nc(-c3cccc(-c4ccc(-c5cccc(-c6cccc7c6C6CC6c6ccccc6-7)c5)cc4)c3)n2)cc1. The van der Waals surface area contributed by atoms with Gasteiger partial charge < -0.3 is 0 Å². The van der Waals surface area contributed by atoms with Gasteiger partial charge in [0.25, 0.3) is 0 Å². The van der Waals surface area contributed by atoms with Gasteiger partial charge in [-0.15, -0.1) is 0 Å². The minimum absolute atomic E-state index is 0.622. The Morgan fingerprint density at radius 2 is 0.765 bits per heavy atom. The van der Waals surface area contributed by atoms with E-state index in [-0.39, 0.29) is 0 Å². The molecule has 0 bridgehead atoms. The van der Waals surface area contributed by atoms with Crippen LogP contribution in [0.3, 0.4) is 0 Å². The molecule has 0 amide bonds. The molecule has 51 heavy (non-hydrogen) atoms. The lowest BCUT2D eigenvalue weighted by atomic mass is 9.81. The quantitative estimate of drug-likeness (QED) is 0.180. The molecule has 0 saturated heterocycles. The van der Waals surface area contributed by atoms with Crippen LogP contribution in [0.1, 0.15) is 29.4 Å². The number of benzene rings is 7. The van der Waals surface area contributed by atoms with Gasteiger partial charge >= 0.3 is 0 Å². The van der Waals surface area contributed by atoms with Gasteiger partial charge in [-0.3, -0.25) is 0 Å². The van der Waals surface area contributed by atoms with Crippen LogP contribution in [-0.4, -0.2) is 15.0 Å². The van der Waals surface area contributed by atoms with Crippen LogP contribution in [0.15, 0.2) is 176 Å². The molecule has 3 nitrogen and oxygen atoms in total. The van der Waals surface area contributed by atoms with Gasteiger partial charge in [0.2, 0.25) is 0 Å². The summed E-state index contributed by atoms with van der Waals surface area (Å²) in [6, 6.07) is 62.5. The highest BCUT2D eigenvalue weighted by molar-refractivity contribution is 5.86. The van der Waals surface area contributed by atoms with E-state index < -0.39 is 0 Å². The topological polar surface area (TPSA) is 38.7 Å². The van der Waals surface area contributed by atoms with Crippen molar-refractivity contribution in [2.75, 3.05) is 0 Å². The van der Waals surface area contributed by atoms with Crippen molar-refractivity contribution in [3.8, 4) is 78.7 Å². The van der Waals surface area contributed by atoms with E-state index in [0.717, 1.165) is 27.8 Å². The summed E-state index contributed by atoms with van der Waals surface area (Å²) in [5.74, 6) is 3.26. The smallest absolute Gasteiger partial charge is 0.164 e. The molecule has 0 N–H and O–H groups in total. The fraction of sp³-hybridized carbons (Fsp3) is 0.0625. The van der Waals surface area contributed by atoms with E-state index in [2.05, 4.69) is 115 Å². The normalized spacial score (nSPS) is 15.4. The molecule has 10 rings (SSSR count). The van der Waals surface area contributed by atoms with Gasteiger partial charge in [-0.1, -0.05) is 164 Å². The summed E-state index contributed by atoms with van der Waals surface area (Å²) in [5, 5.41) is 0. The van der Waals surface area contributed by atoms with E-state index in [0.29, 0.717) is 29.3 Å². The first kappa shape index (κ1) is 29.5.